The van der Waals surface area contributed by atoms with Crippen LogP contribution in [0.15, 0.2) is 24.3 Å². The number of thioether (sulfide) groups is 1. The summed E-state index contributed by atoms with van der Waals surface area (Å²) < 4.78 is 53.0. The highest BCUT2D eigenvalue weighted by molar-refractivity contribution is 8.13. The van der Waals surface area contributed by atoms with Crippen molar-refractivity contribution in [2.45, 2.75) is 46.2 Å². The molecule has 0 N–H and O–H groups in total. The van der Waals surface area contributed by atoms with Gasteiger partial charge in [0.2, 0.25) is 0 Å². The lowest BCUT2D eigenvalue weighted by molar-refractivity contribution is -0.111. The second-order valence-corrected chi connectivity index (χ2v) is 9.97. The highest BCUT2D eigenvalue weighted by atomic mass is 32.2. The van der Waals surface area contributed by atoms with Gasteiger partial charge in [0.1, 0.15) is 5.75 Å². The average molecular weight is 419 g/mol. The third kappa shape index (κ3) is 6.31. The van der Waals surface area contributed by atoms with Crippen molar-refractivity contribution < 1.29 is 27.2 Å². The van der Waals surface area contributed by atoms with Crippen LogP contribution in [0.25, 0.3) is 0 Å². The molecule has 0 saturated heterocycles. The van der Waals surface area contributed by atoms with Gasteiger partial charge >= 0.3 is 13.3 Å². The summed E-state index contributed by atoms with van der Waals surface area (Å²) in [6, 6.07) is 7.31. The first kappa shape index (κ1) is 23.6. The lowest BCUT2D eigenvalue weighted by Crippen LogP contribution is -2.36. The van der Waals surface area contributed by atoms with Gasteiger partial charge in [-0.05, 0) is 24.6 Å². The van der Waals surface area contributed by atoms with Crippen LogP contribution in [-0.4, -0.2) is 23.1 Å². The van der Waals surface area contributed by atoms with E-state index in [4.69, 9.17) is 14.3 Å². The van der Waals surface area contributed by atoms with E-state index in [2.05, 4.69) is 0 Å². The number of hydrogen-bond donors (Lipinski definition) is 0. The summed E-state index contributed by atoms with van der Waals surface area (Å²) >= 11 is 0.944. The molecule has 0 aliphatic rings. The number of benzene rings is 1. The standard InChI is InChI=1S/C18H24F2NO4PS/c1-5-7-16(22)27-11-10-24-26(23,18(19,20)17(2,3)4)25-15-9-6-8-14(12-15)13-21/h6,8-9,12H,5,7,10-11H2,1-4H3. The van der Waals surface area contributed by atoms with E-state index < -0.39 is 18.7 Å². The highest BCUT2D eigenvalue weighted by Gasteiger charge is 2.62. The van der Waals surface area contributed by atoms with E-state index in [1.807, 2.05) is 13.0 Å². The Morgan fingerprint density at radius 1 is 1.33 bits per heavy atom. The van der Waals surface area contributed by atoms with Crippen molar-refractivity contribution in [3.63, 3.8) is 0 Å². The maximum absolute atomic E-state index is 14.9. The lowest BCUT2D eigenvalue weighted by Gasteiger charge is -2.35. The van der Waals surface area contributed by atoms with Crippen molar-refractivity contribution in [3.8, 4) is 11.8 Å². The van der Waals surface area contributed by atoms with Crippen LogP contribution >= 0.6 is 19.4 Å². The molecule has 5 nitrogen and oxygen atoms in total. The number of alkyl halides is 2. The molecule has 0 saturated carbocycles. The van der Waals surface area contributed by atoms with Gasteiger partial charge in [-0.25, -0.2) is 4.57 Å². The Hall–Kier alpha value is -1.42. The SMILES string of the molecule is CCCC(=O)SCCOP(=O)(Oc1cccc(C#N)c1)C(F)(F)C(C)(C)C. The molecule has 0 aliphatic carbocycles. The Kier molecular flexibility index (Phi) is 8.47. The predicted octanol–water partition coefficient (Wildman–Crippen LogP) is 5.85. The molecular weight excluding hydrogens is 395 g/mol. The Morgan fingerprint density at radius 3 is 2.56 bits per heavy atom. The molecule has 1 atom stereocenters. The summed E-state index contributed by atoms with van der Waals surface area (Å²) in [6.07, 6.45) is 1.06. The van der Waals surface area contributed by atoms with Gasteiger partial charge in [-0.1, -0.05) is 45.5 Å². The van der Waals surface area contributed by atoms with E-state index in [1.54, 1.807) is 0 Å². The van der Waals surface area contributed by atoms with E-state index >= 15 is 0 Å². The van der Waals surface area contributed by atoms with Crippen molar-refractivity contribution in [3.05, 3.63) is 29.8 Å². The van der Waals surface area contributed by atoms with E-state index in [9.17, 15) is 18.1 Å². The summed E-state index contributed by atoms with van der Waals surface area (Å²) in [5, 5.41) is 8.85. The molecule has 9 heteroatoms. The van der Waals surface area contributed by atoms with Crippen molar-refractivity contribution in [1.29, 1.82) is 5.26 Å². The van der Waals surface area contributed by atoms with Crippen LogP contribution in [0.1, 0.15) is 46.1 Å². The first-order valence-corrected chi connectivity index (χ1v) is 11.0. The van der Waals surface area contributed by atoms with Crippen LogP contribution < -0.4 is 4.52 Å². The first-order valence-electron chi connectivity index (χ1n) is 8.44. The minimum Gasteiger partial charge on any atom is -0.420 e. The third-order valence-corrected chi connectivity index (χ3v) is 6.73. The highest BCUT2D eigenvalue weighted by Crippen LogP contribution is 2.67. The van der Waals surface area contributed by atoms with Gasteiger partial charge in [0.25, 0.3) is 0 Å². The zero-order valence-electron chi connectivity index (χ0n) is 15.8. The molecule has 0 aromatic heterocycles. The minimum absolute atomic E-state index is 0.0823. The molecule has 27 heavy (non-hydrogen) atoms. The van der Waals surface area contributed by atoms with Crippen molar-refractivity contribution >= 4 is 24.5 Å². The number of carbonyl (C=O) groups is 1. The van der Waals surface area contributed by atoms with Crippen LogP contribution in [0.3, 0.4) is 0 Å². The Labute approximate surface area is 163 Å². The van der Waals surface area contributed by atoms with Crippen molar-refractivity contribution in [1.82, 2.24) is 0 Å². The summed E-state index contributed by atoms with van der Waals surface area (Å²) in [4.78, 5) is 11.5. The molecule has 1 rings (SSSR count). The molecule has 1 aromatic rings. The van der Waals surface area contributed by atoms with E-state index in [-0.39, 0.29) is 28.8 Å². The summed E-state index contributed by atoms with van der Waals surface area (Å²) in [6.45, 7) is 5.23. The molecule has 0 amide bonds. The molecule has 1 unspecified atom stereocenters. The van der Waals surface area contributed by atoms with Gasteiger partial charge < -0.3 is 4.52 Å². The Bertz CT molecular complexity index is 744. The number of hydrogen-bond acceptors (Lipinski definition) is 6. The quantitative estimate of drug-likeness (QED) is 0.369. The molecule has 0 aliphatic heterocycles. The normalized spacial score (nSPS) is 14.3. The first-order chi connectivity index (χ1) is 12.5. The minimum atomic E-state index is -4.94. The Balaban J connectivity index is 3.01. The lowest BCUT2D eigenvalue weighted by atomic mass is 9.97. The summed E-state index contributed by atoms with van der Waals surface area (Å²) in [7, 11) is -4.94. The maximum Gasteiger partial charge on any atom is 0.448 e. The van der Waals surface area contributed by atoms with Gasteiger partial charge in [-0.2, -0.15) is 14.0 Å². The van der Waals surface area contributed by atoms with Crippen LogP contribution in [0.4, 0.5) is 8.78 Å². The molecule has 0 bridgehead atoms. The maximum atomic E-state index is 14.9. The molecule has 0 radical (unpaired) electrons. The van der Waals surface area contributed by atoms with Crippen LogP contribution in [-0.2, 0) is 13.9 Å². The van der Waals surface area contributed by atoms with E-state index in [0.717, 1.165) is 11.8 Å². The van der Waals surface area contributed by atoms with Gasteiger partial charge in [-0.15, -0.1) is 0 Å². The molecule has 0 fully saturated rings. The predicted molar refractivity (Wildman–Crippen MR) is 102 cm³/mol. The fourth-order valence-electron chi connectivity index (χ4n) is 1.93. The zero-order chi connectivity index (χ0) is 20.7. The fourth-order valence-corrected chi connectivity index (χ4v) is 4.67. The number of nitrogens with zero attached hydrogens (tertiary/aromatic N) is 1. The largest absolute Gasteiger partial charge is 0.448 e. The van der Waals surface area contributed by atoms with Gasteiger partial charge in [0, 0.05) is 17.6 Å². The zero-order valence-corrected chi connectivity index (χ0v) is 17.5. The molecule has 0 spiro atoms. The number of rotatable bonds is 9. The topological polar surface area (TPSA) is 76.4 Å². The van der Waals surface area contributed by atoms with Gasteiger partial charge in [0.05, 0.1) is 18.2 Å². The van der Waals surface area contributed by atoms with Crippen LogP contribution in [0, 0.1) is 16.7 Å². The molecule has 0 heterocycles. The van der Waals surface area contributed by atoms with E-state index in [1.165, 1.54) is 45.0 Å². The number of carbonyl (C=O) groups excluding carboxylic acids is 1. The summed E-state index contributed by atoms with van der Waals surface area (Å²) in [5.41, 5.74) is -5.31. The van der Waals surface area contributed by atoms with Gasteiger partial charge in [-0.3, -0.25) is 9.32 Å². The number of nitriles is 1. The smallest absolute Gasteiger partial charge is 0.420 e. The third-order valence-electron chi connectivity index (χ3n) is 3.50. The molecule has 150 valence electrons. The fraction of sp³-hybridized carbons (Fsp3) is 0.556. The van der Waals surface area contributed by atoms with Crippen LogP contribution in [0.2, 0.25) is 0 Å². The van der Waals surface area contributed by atoms with Gasteiger partial charge in [0.15, 0.2) is 5.12 Å². The van der Waals surface area contributed by atoms with Crippen LogP contribution in [0.5, 0.6) is 5.75 Å². The average Bonchev–Trinajstić information content (AvgIpc) is 2.58. The van der Waals surface area contributed by atoms with Crippen molar-refractivity contribution in [2.75, 3.05) is 12.4 Å². The molecular formula is C18H24F2NO4PS. The Morgan fingerprint density at radius 2 is 2.00 bits per heavy atom. The number of halogens is 2. The summed E-state index contributed by atoms with van der Waals surface area (Å²) in [5.74, 6) is -0.0546. The second kappa shape index (κ2) is 9.68. The van der Waals surface area contributed by atoms with Crippen molar-refractivity contribution in [2.24, 2.45) is 5.41 Å². The molecule has 1 aromatic carbocycles. The second-order valence-electron chi connectivity index (χ2n) is 6.82. The van der Waals surface area contributed by atoms with E-state index in [0.29, 0.717) is 12.8 Å². The monoisotopic (exact) mass is 419 g/mol.